The van der Waals surface area contributed by atoms with Gasteiger partial charge in [-0.15, -0.1) is 0 Å². The molecular formula is C21H30N6O9. The third-order valence-corrected chi connectivity index (χ3v) is 4.88. The molecule has 0 fully saturated rings. The zero-order chi connectivity index (χ0) is 27.4. The van der Waals surface area contributed by atoms with Crippen molar-refractivity contribution in [1.29, 1.82) is 0 Å². The molecule has 0 spiro atoms. The molecule has 4 atom stereocenters. The summed E-state index contributed by atoms with van der Waals surface area (Å²) in [6.45, 7) is -0.913. The van der Waals surface area contributed by atoms with Gasteiger partial charge in [0.05, 0.1) is 19.1 Å². The lowest BCUT2D eigenvalue weighted by atomic mass is 10.0. The van der Waals surface area contributed by atoms with Gasteiger partial charge in [-0.3, -0.25) is 24.0 Å². The van der Waals surface area contributed by atoms with E-state index in [4.69, 9.17) is 17.2 Å². The Morgan fingerprint density at radius 2 is 1.33 bits per heavy atom. The standard InChI is InChI=1S/C21H30N6O9/c22-12(8-17(24)31)18(32)27-15(9-28)20(34)25-13(5-6-16(23)30)19(33)26-14(21(35)36)7-10-1-3-11(29)4-2-10/h1-4,12-15,28-29H,5-9,22H2,(H2,23,30)(H2,24,31)(H,25,34)(H,26,33)(H,27,32)(H,35,36). The number of aliphatic hydroxyl groups is 1. The normalized spacial score (nSPS) is 13.9. The van der Waals surface area contributed by atoms with Crippen LogP contribution < -0.4 is 33.2 Å². The van der Waals surface area contributed by atoms with Crippen LogP contribution in [0.25, 0.3) is 0 Å². The minimum Gasteiger partial charge on any atom is -0.508 e. The number of benzene rings is 1. The summed E-state index contributed by atoms with van der Waals surface area (Å²) in [5, 5.41) is 35.0. The Bertz CT molecular complexity index is 969. The zero-order valence-corrected chi connectivity index (χ0v) is 19.2. The molecule has 0 aliphatic rings. The number of primary amides is 2. The first-order valence-corrected chi connectivity index (χ1v) is 10.7. The largest absolute Gasteiger partial charge is 0.508 e. The van der Waals surface area contributed by atoms with E-state index in [1.54, 1.807) is 0 Å². The lowest BCUT2D eigenvalue weighted by molar-refractivity contribution is -0.142. The Labute approximate surface area is 205 Å². The lowest BCUT2D eigenvalue weighted by Crippen LogP contribution is -2.58. The highest BCUT2D eigenvalue weighted by Gasteiger charge is 2.30. The molecule has 4 unspecified atom stereocenters. The SMILES string of the molecule is NC(=O)CCC(NC(=O)C(CO)NC(=O)C(N)CC(N)=O)C(=O)NC(Cc1ccc(O)cc1)C(=O)O. The first kappa shape index (κ1) is 29.8. The van der Waals surface area contributed by atoms with Crippen molar-refractivity contribution in [3.63, 3.8) is 0 Å². The van der Waals surface area contributed by atoms with E-state index in [2.05, 4.69) is 16.0 Å². The molecule has 5 amide bonds. The third kappa shape index (κ3) is 10.4. The number of hydrogen-bond donors (Lipinski definition) is 9. The van der Waals surface area contributed by atoms with Gasteiger partial charge in [0.1, 0.15) is 23.9 Å². The summed E-state index contributed by atoms with van der Waals surface area (Å²) in [6.07, 6.45) is -1.35. The van der Waals surface area contributed by atoms with Crippen molar-refractivity contribution >= 4 is 35.5 Å². The van der Waals surface area contributed by atoms with E-state index in [0.717, 1.165) is 0 Å². The summed E-state index contributed by atoms with van der Waals surface area (Å²) in [5.41, 5.74) is 16.1. The van der Waals surface area contributed by atoms with Gasteiger partial charge in [0.25, 0.3) is 0 Å². The predicted molar refractivity (Wildman–Crippen MR) is 123 cm³/mol. The van der Waals surface area contributed by atoms with Crippen LogP contribution in [0.5, 0.6) is 5.75 Å². The molecule has 0 aromatic heterocycles. The van der Waals surface area contributed by atoms with Crippen LogP contribution in [0.2, 0.25) is 0 Å². The number of aliphatic carboxylic acids is 1. The van der Waals surface area contributed by atoms with E-state index in [0.29, 0.717) is 5.56 Å². The van der Waals surface area contributed by atoms with Gasteiger partial charge < -0.3 is 48.5 Å². The Morgan fingerprint density at radius 1 is 0.806 bits per heavy atom. The van der Waals surface area contributed by atoms with Crippen LogP contribution in [0.1, 0.15) is 24.8 Å². The number of hydrogen-bond acceptors (Lipinski definition) is 9. The number of phenolic OH excluding ortho intramolecular Hbond substituents is 1. The third-order valence-electron chi connectivity index (χ3n) is 4.88. The molecule has 0 saturated carbocycles. The minimum absolute atomic E-state index is 0.0370. The van der Waals surface area contributed by atoms with Crippen molar-refractivity contribution in [1.82, 2.24) is 16.0 Å². The van der Waals surface area contributed by atoms with Crippen LogP contribution in [0.3, 0.4) is 0 Å². The van der Waals surface area contributed by atoms with E-state index >= 15 is 0 Å². The van der Waals surface area contributed by atoms with Crippen LogP contribution in [0.15, 0.2) is 24.3 Å². The second kappa shape index (κ2) is 14.2. The maximum Gasteiger partial charge on any atom is 0.326 e. The van der Waals surface area contributed by atoms with Crippen molar-refractivity contribution in [2.45, 2.75) is 49.9 Å². The van der Waals surface area contributed by atoms with Gasteiger partial charge >= 0.3 is 5.97 Å². The second-order valence-electron chi connectivity index (χ2n) is 7.86. The Kier molecular flexibility index (Phi) is 11.8. The number of carboxylic acid groups (broad SMARTS) is 1. The van der Waals surface area contributed by atoms with Gasteiger partial charge in [-0.1, -0.05) is 12.1 Å². The minimum atomic E-state index is -1.59. The van der Waals surface area contributed by atoms with Crippen LogP contribution in [0.4, 0.5) is 0 Å². The zero-order valence-electron chi connectivity index (χ0n) is 19.2. The van der Waals surface area contributed by atoms with Gasteiger partial charge in [-0.25, -0.2) is 4.79 Å². The monoisotopic (exact) mass is 510 g/mol. The highest BCUT2D eigenvalue weighted by Crippen LogP contribution is 2.12. The molecule has 15 heteroatoms. The fraction of sp³-hybridized carbons (Fsp3) is 0.429. The maximum atomic E-state index is 12.8. The van der Waals surface area contributed by atoms with Crippen LogP contribution in [-0.4, -0.2) is 81.6 Å². The summed E-state index contributed by atoms with van der Waals surface area (Å²) in [6, 6.07) is -0.285. The molecule has 15 nitrogen and oxygen atoms in total. The second-order valence-corrected chi connectivity index (χ2v) is 7.86. The highest BCUT2D eigenvalue weighted by molar-refractivity contribution is 5.95. The number of aliphatic hydroxyl groups excluding tert-OH is 1. The molecule has 0 saturated heterocycles. The maximum absolute atomic E-state index is 12.8. The number of nitrogens with two attached hydrogens (primary N) is 3. The molecular weight excluding hydrogens is 480 g/mol. The average Bonchev–Trinajstić information content (AvgIpc) is 2.79. The van der Waals surface area contributed by atoms with Crippen LogP contribution in [0, 0.1) is 0 Å². The number of amides is 5. The molecule has 1 aromatic carbocycles. The Morgan fingerprint density at radius 3 is 1.83 bits per heavy atom. The molecule has 1 rings (SSSR count). The average molecular weight is 511 g/mol. The first-order valence-electron chi connectivity index (χ1n) is 10.7. The number of rotatable bonds is 15. The summed E-state index contributed by atoms with van der Waals surface area (Å²) in [4.78, 5) is 71.3. The number of carboxylic acids is 1. The van der Waals surface area contributed by atoms with E-state index in [1.165, 1.54) is 24.3 Å². The van der Waals surface area contributed by atoms with Gasteiger partial charge in [0, 0.05) is 12.8 Å². The van der Waals surface area contributed by atoms with E-state index in [-0.39, 0.29) is 25.0 Å². The summed E-state index contributed by atoms with van der Waals surface area (Å²) in [7, 11) is 0. The summed E-state index contributed by atoms with van der Waals surface area (Å²) in [5.74, 6) is -6.08. The van der Waals surface area contributed by atoms with Gasteiger partial charge in [-0.05, 0) is 24.1 Å². The fourth-order valence-corrected chi connectivity index (χ4v) is 2.95. The number of carbonyl (C=O) groups excluding carboxylic acids is 5. The number of nitrogens with one attached hydrogen (secondary N) is 3. The van der Waals surface area contributed by atoms with Crippen LogP contribution in [-0.2, 0) is 35.2 Å². The first-order chi connectivity index (χ1) is 16.8. The fourth-order valence-electron chi connectivity index (χ4n) is 2.95. The summed E-state index contributed by atoms with van der Waals surface area (Å²) < 4.78 is 0. The number of carbonyl (C=O) groups is 6. The number of aromatic hydroxyl groups is 1. The molecule has 0 radical (unpaired) electrons. The quantitative estimate of drug-likeness (QED) is 0.110. The van der Waals surface area contributed by atoms with E-state index in [1.807, 2.05) is 0 Å². The topological polar surface area (TPSA) is 277 Å². The van der Waals surface area contributed by atoms with Gasteiger partial charge in [0.2, 0.25) is 29.5 Å². The molecule has 12 N–H and O–H groups in total. The molecule has 36 heavy (non-hydrogen) atoms. The van der Waals surface area contributed by atoms with Crippen molar-refractivity contribution < 1.29 is 44.1 Å². The molecule has 0 aliphatic carbocycles. The van der Waals surface area contributed by atoms with Crippen molar-refractivity contribution in [2.24, 2.45) is 17.2 Å². The predicted octanol–water partition coefficient (Wildman–Crippen LogP) is -4.07. The summed E-state index contributed by atoms with van der Waals surface area (Å²) >= 11 is 0. The Balaban J connectivity index is 2.95. The molecule has 0 bridgehead atoms. The molecule has 0 heterocycles. The van der Waals surface area contributed by atoms with Crippen LogP contribution >= 0.6 is 0 Å². The van der Waals surface area contributed by atoms with Crippen molar-refractivity contribution in [2.75, 3.05) is 6.61 Å². The van der Waals surface area contributed by atoms with Crippen molar-refractivity contribution in [3.05, 3.63) is 29.8 Å². The Hall–Kier alpha value is -4.24. The van der Waals surface area contributed by atoms with Gasteiger partial charge in [-0.2, -0.15) is 0 Å². The molecule has 1 aromatic rings. The van der Waals surface area contributed by atoms with E-state index < -0.39 is 72.7 Å². The van der Waals surface area contributed by atoms with Crippen molar-refractivity contribution in [3.8, 4) is 5.75 Å². The lowest BCUT2D eigenvalue weighted by Gasteiger charge is -2.24. The van der Waals surface area contributed by atoms with E-state index in [9.17, 15) is 44.1 Å². The molecule has 0 aliphatic heterocycles. The smallest absolute Gasteiger partial charge is 0.326 e. The van der Waals surface area contributed by atoms with Gasteiger partial charge in [0.15, 0.2) is 0 Å². The molecule has 198 valence electrons. The highest BCUT2D eigenvalue weighted by atomic mass is 16.4. The number of phenols is 1.